The van der Waals surface area contributed by atoms with E-state index in [4.69, 9.17) is 4.74 Å². The van der Waals surface area contributed by atoms with Gasteiger partial charge in [0, 0.05) is 37.0 Å². The highest BCUT2D eigenvalue weighted by Gasteiger charge is 2.30. The fourth-order valence-corrected chi connectivity index (χ4v) is 2.86. The molecule has 2 heterocycles. The molecule has 0 saturated carbocycles. The van der Waals surface area contributed by atoms with Crippen LogP contribution in [0.1, 0.15) is 43.1 Å². The first-order valence-electron chi connectivity index (χ1n) is 7.46. The van der Waals surface area contributed by atoms with E-state index < -0.39 is 0 Å². The van der Waals surface area contributed by atoms with E-state index in [-0.39, 0.29) is 12.0 Å². The minimum atomic E-state index is -0.00124. The van der Waals surface area contributed by atoms with Gasteiger partial charge in [0.25, 0.3) is 5.91 Å². The van der Waals surface area contributed by atoms with Crippen molar-refractivity contribution >= 4 is 5.91 Å². The molecule has 4 heteroatoms. The first-order valence-corrected chi connectivity index (χ1v) is 7.46. The minimum Gasteiger partial charge on any atom is -0.378 e. The summed E-state index contributed by atoms with van der Waals surface area (Å²) in [5, 5.41) is 3.05. The maximum absolute atomic E-state index is 12.3. The van der Waals surface area contributed by atoms with Crippen molar-refractivity contribution in [1.82, 2.24) is 10.3 Å². The molecule has 1 saturated heterocycles. The number of aryl methyl sites for hydroxylation is 1. The molecule has 110 valence electrons. The van der Waals surface area contributed by atoms with Crippen LogP contribution in [0.2, 0.25) is 0 Å². The topological polar surface area (TPSA) is 51.2 Å². The van der Waals surface area contributed by atoms with Crippen molar-refractivity contribution in [2.75, 3.05) is 13.2 Å². The van der Waals surface area contributed by atoms with Gasteiger partial charge in [0.2, 0.25) is 0 Å². The molecule has 4 nitrogen and oxygen atoms in total. The maximum Gasteiger partial charge on any atom is 0.251 e. The van der Waals surface area contributed by atoms with E-state index in [0.29, 0.717) is 18.4 Å². The van der Waals surface area contributed by atoms with Gasteiger partial charge in [-0.25, -0.2) is 0 Å². The number of nitrogens with one attached hydrogen (secondary N) is 1. The molecule has 2 rings (SSSR count). The highest BCUT2D eigenvalue weighted by Crippen LogP contribution is 2.26. The molecule has 0 unspecified atom stereocenters. The van der Waals surface area contributed by atoms with Gasteiger partial charge in [0.05, 0.1) is 6.10 Å². The number of rotatable bonds is 5. The van der Waals surface area contributed by atoms with Crippen molar-refractivity contribution in [3.05, 3.63) is 29.6 Å². The zero-order valence-corrected chi connectivity index (χ0v) is 12.6. The van der Waals surface area contributed by atoms with Crippen LogP contribution < -0.4 is 5.32 Å². The molecule has 0 spiro atoms. The first kappa shape index (κ1) is 15.0. The Labute approximate surface area is 120 Å². The first-order chi connectivity index (χ1) is 9.63. The normalized spacial score (nSPS) is 22.2. The molecule has 0 aromatic carbocycles. The van der Waals surface area contributed by atoms with Crippen LogP contribution in [-0.4, -0.2) is 30.1 Å². The quantitative estimate of drug-likeness (QED) is 0.898. The summed E-state index contributed by atoms with van der Waals surface area (Å²) in [6.07, 6.45) is 5.55. The van der Waals surface area contributed by atoms with Gasteiger partial charge in [0.1, 0.15) is 0 Å². The van der Waals surface area contributed by atoms with Gasteiger partial charge < -0.3 is 10.1 Å². The van der Waals surface area contributed by atoms with E-state index in [9.17, 15) is 4.79 Å². The molecule has 1 fully saturated rings. The van der Waals surface area contributed by atoms with Gasteiger partial charge in [0.15, 0.2) is 0 Å². The number of hydrogen-bond acceptors (Lipinski definition) is 3. The van der Waals surface area contributed by atoms with Crippen molar-refractivity contribution in [3.63, 3.8) is 0 Å². The molecule has 1 amide bonds. The van der Waals surface area contributed by atoms with Crippen molar-refractivity contribution in [2.24, 2.45) is 11.8 Å². The van der Waals surface area contributed by atoms with E-state index in [0.717, 1.165) is 30.6 Å². The molecule has 0 aliphatic carbocycles. The van der Waals surface area contributed by atoms with Crippen LogP contribution in [0, 0.1) is 11.8 Å². The van der Waals surface area contributed by atoms with E-state index in [1.165, 1.54) is 0 Å². The second kappa shape index (κ2) is 6.84. The Morgan fingerprint density at radius 3 is 3.05 bits per heavy atom. The lowest BCUT2D eigenvalue weighted by molar-refractivity contribution is 0.0533. The average molecular weight is 276 g/mol. The highest BCUT2D eigenvalue weighted by atomic mass is 16.5. The minimum absolute atomic E-state index is 0.00124. The second-order valence-corrected chi connectivity index (χ2v) is 5.72. The number of ether oxygens (including phenoxy) is 1. The Morgan fingerprint density at radius 2 is 2.35 bits per heavy atom. The fraction of sp³-hybridized carbons (Fsp3) is 0.625. The zero-order chi connectivity index (χ0) is 14.5. The standard InChI is InChI=1S/C16H24N2O2/c1-4-12-9-17-7-5-14(12)16(19)18-10-13-6-8-20-15(13)11(2)3/h5,7,9,11,13,15H,4,6,8,10H2,1-3H3,(H,18,19)/t13-,15-/m1/s1. The Kier molecular flexibility index (Phi) is 5.12. The number of hydrogen-bond donors (Lipinski definition) is 1. The maximum atomic E-state index is 12.3. The molecule has 1 aromatic heterocycles. The lowest BCUT2D eigenvalue weighted by atomic mass is 9.93. The Balaban J connectivity index is 1.95. The predicted octanol–water partition coefficient (Wildman–Crippen LogP) is 2.43. The molecule has 1 N–H and O–H groups in total. The van der Waals surface area contributed by atoms with Gasteiger partial charge in [-0.2, -0.15) is 0 Å². The van der Waals surface area contributed by atoms with Gasteiger partial charge in [-0.3, -0.25) is 9.78 Å². The number of nitrogens with zero attached hydrogens (tertiary/aromatic N) is 1. The molecule has 1 aliphatic rings. The molecule has 0 radical (unpaired) electrons. The van der Waals surface area contributed by atoms with Crippen LogP contribution in [0.3, 0.4) is 0 Å². The van der Waals surface area contributed by atoms with Gasteiger partial charge in [-0.1, -0.05) is 20.8 Å². The van der Waals surface area contributed by atoms with Gasteiger partial charge >= 0.3 is 0 Å². The molecular formula is C16H24N2O2. The zero-order valence-electron chi connectivity index (χ0n) is 12.6. The number of amides is 1. The van der Waals surface area contributed by atoms with E-state index >= 15 is 0 Å². The van der Waals surface area contributed by atoms with E-state index in [2.05, 4.69) is 24.1 Å². The molecule has 20 heavy (non-hydrogen) atoms. The van der Waals surface area contributed by atoms with Crippen LogP contribution in [-0.2, 0) is 11.2 Å². The summed E-state index contributed by atoms with van der Waals surface area (Å²) in [6.45, 7) is 7.87. The van der Waals surface area contributed by atoms with Crippen LogP contribution in [0.4, 0.5) is 0 Å². The fourth-order valence-electron chi connectivity index (χ4n) is 2.86. The lowest BCUT2D eigenvalue weighted by Crippen LogP contribution is -2.35. The Hall–Kier alpha value is -1.42. The molecule has 1 aromatic rings. The third-order valence-corrected chi connectivity index (χ3v) is 3.97. The summed E-state index contributed by atoms with van der Waals surface area (Å²) >= 11 is 0. The predicted molar refractivity (Wildman–Crippen MR) is 78.6 cm³/mol. The Bertz CT molecular complexity index is 460. The highest BCUT2D eigenvalue weighted by molar-refractivity contribution is 5.95. The summed E-state index contributed by atoms with van der Waals surface area (Å²) in [6, 6.07) is 1.79. The SMILES string of the molecule is CCc1cnccc1C(=O)NC[C@H]1CCO[C@@H]1C(C)C. The smallest absolute Gasteiger partial charge is 0.251 e. The largest absolute Gasteiger partial charge is 0.378 e. The van der Waals surface area contributed by atoms with Crippen molar-refractivity contribution in [1.29, 1.82) is 0 Å². The summed E-state index contributed by atoms with van der Waals surface area (Å²) in [5.41, 5.74) is 1.73. The molecule has 0 bridgehead atoms. The molecule has 1 aliphatic heterocycles. The molecule has 2 atom stereocenters. The number of aromatic nitrogens is 1. The van der Waals surface area contributed by atoms with Crippen molar-refractivity contribution in [2.45, 2.75) is 39.7 Å². The summed E-state index contributed by atoms with van der Waals surface area (Å²) in [4.78, 5) is 16.3. The van der Waals surface area contributed by atoms with Crippen molar-refractivity contribution < 1.29 is 9.53 Å². The summed E-state index contributed by atoms with van der Waals surface area (Å²) < 4.78 is 5.75. The Morgan fingerprint density at radius 1 is 1.55 bits per heavy atom. The average Bonchev–Trinajstić information content (AvgIpc) is 2.93. The number of carbonyl (C=O) groups excluding carboxylic acids is 1. The van der Waals surface area contributed by atoms with Crippen molar-refractivity contribution in [3.8, 4) is 0 Å². The van der Waals surface area contributed by atoms with Crippen LogP contribution in [0.15, 0.2) is 18.5 Å². The van der Waals surface area contributed by atoms with Crippen LogP contribution in [0.5, 0.6) is 0 Å². The summed E-state index contributed by atoms with van der Waals surface area (Å²) in [5.74, 6) is 0.913. The number of pyridine rings is 1. The summed E-state index contributed by atoms with van der Waals surface area (Å²) in [7, 11) is 0. The van der Waals surface area contributed by atoms with Crippen LogP contribution >= 0.6 is 0 Å². The van der Waals surface area contributed by atoms with Gasteiger partial charge in [-0.15, -0.1) is 0 Å². The lowest BCUT2D eigenvalue weighted by Gasteiger charge is -2.22. The van der Waals surface area contributed by atoms with Crippen LogP contribution in [0.25, 0.3) is 0 Å². The molecular weight excluding hydrogens is 252 g/mol. The third-order valence-electron chi connectivity index (χ3n) is 3.97. The second-order valence-electron chi connectivity index (χ2n) is 5.72. The monoisotopic (exact) mass is 276 g/mol. The van der Waals surface area contributed by atoms with E-state index in [1.54, 1.807) is 18.5 Å². The number of carbonyl (C=O) groups is 1. The third kappa shape index (κ3) is 3.37. The van der Waals surface area contributed by atoms with E-state index in [1.807, 2.05) is 6.92 Å². The van der Waals surface area contributed by atoms with Gasteiger partial charge in [-0.05, 0) is 30.4 Å².